The summed E-state index contributed by atoms with van der Waals surface area (Å²) in [6.45, 7) is 2.20. The van der Waals surface area contributed by atoms with Gasteiger partial charge in [-0.1, -0.05) is 24.3 Å². The van der Waals surface area contributed by atoms with Crippen LogP contribution in [0.3, 0.4) is 0 Å². The lowest BCUT2D eigenvalue weighted by Gasteiger charge is -2.01. The summed E-state index contributed by atoms with van der Waals surface area (Å²) in [6, 6.07) is 13.1. The molecule has 1 aliphatic heterocycles. The van der Waals surface area contributed by atoms with E-state index in [0.717, 1.165) is 0 Å². The molecule has 2 aromatic carbocycles. The number of rotatable bonds is 0. The predicted octanol–water partition coefficient (Wildman–Crippen LogP) is 0.234. The van der Waals surface area contributed by atoms with E-state index in [1.165, 1.54) is 31.8 Å². The van der Waals surface area contributed by atoms with E-state index < -0.39 is 0 Å². The molecular formula is C14H14N+. The maximum Gasteiger partial charge on any atom is 0.116 e. The van der Waals surface area contributed by atoms with Crippen molar-refractivity contribution in [2.75, 3.05) is 7.05 Å². The molecule has 1 atom stereocenters. The van der Waals surface area contributed by atoms with Crippen LogP contribution in [0.2, 0.25) is 0 Å². The molecule has 0 saturated heterocycles. The van der Waals surface area contributed by atoms with Crippen molar-refractivity contribution in [3.8, 4) is 0 Å². The van der Waals surface area contributed by atoms with Crippen molar-refractivity contribution in [1.82, 2.24) is 0 Å². The highest BCUT2D eigenvalue weighted by Crippen LogP contribution is 2.08. The molecule has 1 N–H and O–H groups in total. The lowest BCUT2D eigenvalue weighted by atomic mass is 10.1. The Hall–Kier alpha value is -1.60. The third-order valence-corrected chi connectivity index (χ3v) is 3.29. The van der Waals surface area contributed by atoms with Crippen molar-refractivity contribution in [2.45, 2.75) is 6.92 Å². The van der Waals surface area contributed by atoms with Gasteiger partial charge in [0.25, 0.3) is 0 Å². The van der Waals surface area contributed by atoms with E-state index in [-0.39, 0.29) is 0 Å². The van der Waals surface area contributed by atoms with Gasteiger partial charge in [-0.25, -0.2) is 0 Å². The van der Waals surface area contributed by atoms with Crippen LogP contribution in [-0.2, 0) is 0 Å². The van der Waals surface area contributed by atoms with Gasteiger partial charge in [-0.05, 0) is 22.9 Å². The van der Waals surface area contributed by atoms with E-state index in [2.05, 4.69) is 56.6 Å². The Morgan fingerprint density at radius 1 is 1.00 bits per heavy atom. The van der Waals surface area contributed by atoms with Gasteiger partial charge in [0.05, 0.1) is 7.05 Å². The van der Waals surface area contributed by atoms with Crippen LogP contribution in [0.15, 0.2) is 36.4 Å². The molecule has 0 aromatic heterocycles. The van der Waals surface area contributed by atoms with Crippen molar-refractivity contribution in [3.63, 3.8) is 0 Å². The molecule has 3 rings (SSSR count). The smallest absolute Gasteiger partial charge is 0.116 e. The summed E-state index contributed by atoms with van der Waals surface area (Å²) >= 11 is 0. The summed E-state index contributed by atoms with van der Waals surface area (Å²) in [7, 11) is 2.18. The fraction of sp³-hybridized carbons (Fsp3) is 0.143. The van der Waals surface area contributed by atoms with E-state index in [1.54, 1.807) is 0 Å². The number of hydrogen-bond acceptors (Lipinski definition) is 0. The number of fused-ring (bicyclic) bond motifs is 2. The number of benzene rings is 2. The number of nitrogens with one attached hydrogen (secondary N) is 1. The quantitative estimate of drug-likeness (QED) is 0.615. The molecule has 0 spiro atoms. The van der Waals surface area contributed by atoms with Crippen LogP contribution in [0.5, 0.6) is 0 Å². The summed E-state index contributed by atoms with van der Waals surface area (Å²) in [4.78, 5) is 1.39. The summed E-state index contributed by atoms with van der Waals surface area (Å²) in [6.07, 6.45) is 2.27. The van der Waals surface area contributed by atoms with Crippen LogP contribution in [0, 0.1) is 0 Å². The van der Waals surface area contributed by atoms with Gasteiger partial charge in [0.2, 0.25) is 0 Å². The average Bonchev–Trinajstić information content (AvgIpc) is 2.52. The third-order valence-electron chi connectivity index (χ3n) is 3.29. The summed E-state index contributed by atoms with van der Waals surface area (Å²) < 4.78 is 0. The highest BCUT2D eigenvalue weighted by atomic mass is 15.1. The molecular weight excluding hydrogens is 182 g/mol. The van der Waals surface area contributed by atoms with Crippen molar-refractivity contribution in [3.05, 3.63) is 46.8 Å². The molecule has 1 heterocycles. The second kappa shape index (κ2) is 2.94. The summed E-state index contributed by atoms with van der Waals surface area (Å²) in [5.74, 6) is 0. The largest absolute Gasteiger partial charge is 0.281 e. The SMILES string of the molecule is CC1=c2cc3ccccc3cc2=C[NH+]1C. The molecule has 1 aliphatic rings. The Balaban J connectivity index is 2.53. The Kier molecular flexibility index (Phi) is 1.70. The molecule has 1 heteroatoms. The van der Waals surface area contributed by atoms with Crippen LogP contribution in [0.1, 0.15) is 6.92 Å². The van der Waals surface area contributed by atoms with Crippen LogP contribution < -0.4 is 15.3 Å². The lowest BCUT2D eigenvalue weighted by molar-refractivity contribution is -0.710. The second-order valence-electron chi connectivity index (χ2n) is 4.24. The molecule has 2 aromatic rings. The minimum atomic E-state index is 1.33. The maximum absolute atomic E-state index is 2.30. The Labute approximate surface area is 88.9 Å². The lowest BCUT2D eigenvalue weighted by Crippen LogP contribution is -2.99. The molecule has 0 saturated carbocycles. The van der Waals surface area contributed by atoms with Gasteiger partial charge >= 0.3 is 0 Å². The first-order chi connectivity index (χ1) is 7.25. The first kappa shape index (κ1) is 8.69. The fourth-order valence-electron chi connectivity index (χ4n) is 2.26. The Morgan fingerprint density at radius 2 is 1.67 bits per heavy atom. The van der Waals surface area contributed by atoms with Gasteiger partial charge in [0, 0.05) is 17.4 Å². The average molecular weight is 196 g/mol. The predicted molar refractivity (Wildman–Crippen MR) is 63.6 cm³/mol. The molecule has 15 heavy (non-hydrogen) atoms. The van der Waals surface area contributed by atoms with E-state index in [4.69, 9.17) is 0 Å². The van der Waals surface area contributed by atoms with Crippen molar-refractivity contribution >= 4 is 22.7 Å². The van der Waals surface area contributed by atoms with Crippen LogP contribution in [0.4, 0.5) is 0 Å². The molecule has 74 valence electrons. The van der Waals surface area contributed by atoms with Gasteiger partial charge < -0.3 is 0 Å². The molecule has 1 nitrogen and oxygen atoms in total. The zero-order valence-corrected chi connectivity index (χ0v) is 9.04. The minimum Gasteiger partial charge on any atom is -0.281 e. The van der Waals surface area contributed by atoms with E-state index >= 15 is 0 Å². The summed E-state index contributed by atoms with van der Waals surface area (Å²) in [5, 5.41) is 5.42. The maximum atomic E-state index is 2.30. The molecule has 0 radical (unpaired) electrons. The molecule has 0 fully saturated rings. The van der Waals surface area contributed by atoms with Crippen LogP contribution in [0.25, 0.3) is 22.7 Å². The van der Waals surface area contributed by atoms with Gasteiger partial charge in [0.1, 0.15) is 11.9 Å². The molecule has 0 amide bonds. The second-order valence-corrected chi connectivity index (χ2v) is 4.24. The van der Waals surface area contributed by atoms with Gasteiger partial charge in [-0.15, -0.1) is 0 Å². The highest BCUT2D eigenvalue weighted by Gasteiger charge is 2.11. The van der Waals surface area contributed by atoms with Gasteiger partial charge in [0.15, 0.2) is 0 Å². The first-order valence-corrected chi connectivity index (χ1v) is 5.31. The van der Waals surface area contributed by atoms with Crippen molar-refractivity contribution < 1.29 is 4.90 Å². The monoisotopic (exact) mass is 196 g/mol. The van der Waals surface area contributed by atoms with Crippen LogP contribution in [-0.4, -0.2) is 7.05 Å². The first-order valence-electron chi connectivity index (χ1n) is 5.31. The Morgan fingerprint density at radius 3 is 2.40 bits per heavy atom. The van der Waals surface area contributed by atoms with E-state index in [0.29, 0.717) is 0 Å². The minimum absolute atomic E-state index is 1.33. The zero-order chi connectivity index (χ0) is 10.4. The normalized spacial score (nSPS) is 19.1. The third kappa shape index (κ3) is 1.20. The van der Waals surface area contributed by atoms with E-state index in [9.17, 15) is 0 Å². The number of quaternary nitrogens is 1. The Bertz CT molecular complexity index is 653. The van der Waals surface area contributed by atoms with Crippen molar-refractivity contribution in [1.29, 1.82) is 0 Å². The standard InChI is InChI=1S/C14H13N/c1-10-14-8-12-6-4-3-5-11(12)7-13(14)9-15(10)2/h3-9H,1-2H3/p+1. The van der Waals surface area contributed by atoms with Crippen molar-refractivity contribution in [2.24, 2.45) is 0 Å². The molecule has 1 unspecified atom stereocenters. The number of hydrogen-bond donors (Lipinski definition) is 1. The topological polar surface area (TPSA) is 4.44 Å². The van der Waals surface area contributed by atoms with Gasteiger partial charge in [-0.2, -0.15) is 0 Å². The van der Waals surface area contributed by atoms with E-state index in [1.807, 2.05) is 0 Å². The molecule has 0 aliphatic carbocycles. The highest BCUT2D eigenvalue weighted by molar-refractivity contribution is 5.83. The van der Waals surface area contributed by atoms with Gasteiger partial charge in [-0.3, -0.25) is 4.90 Å². The molecule has 0 bridgehead atoms. The fourth-order valence-corrected chi connectivity index (χ4v) is 2.26. The zero-order valence-electron chi connectivity index (χ0n) is 9.04. The van der Waals surface area contributed by atoms with Crippen LogP contribution >= 0.6 is 0 Å². The summed E-state index contributed by atoms with van der Waals surface area (Å²) in [5.41, 5.74) is 1.41.